The molecule has 0 aliphatic heterocycles. The van der Waals surface area contributed by atoms with Crippen LogP contribution >= 0.6 is 15.6 Å². The summed E-state index contributed by atoms with van der Waals surface area (Å²) in [6.07, 6.45) is 51.3. The van der Waals surface area contributed by atoms with Crippen LogP contribution in [0, 0.1) is 17.8 Å². The molecule has 19 heteroatoms. The number of phosphoric acid groups is 2. The van der Waals surface area contributed by atoms with Gasteiger partial charge in [-0.3, -0.25) is 37.3 Å². The number of rotatable bonds is 73. The van der Waals surface area contributed by atoms with Crippen molar-refractivity contribution in [1.82, 2.24) is 0 Å². The third-order valence-electron chi connectivity index (χ3n) is 17.7. The van der Waals surface area contributed by atoms with Crippen molar-refractivity contribution < 1.29 is 80.2 Å². The predicted molar refractivity (Wildman–Crippen MR) is 381 cm³/mol. The minimum Gasteiger partial charge on any atom is -0.462 e. The van der Waals surface area contributed by atoms with Gasteiger partial charge >= 0.3 is 39.5 Å². The lowest BCUT2D eigenvalue weighted by Crippen LogP contribution is -2.30. The number of aliphatic hydroxyl groups is 1. The standard InChI is InChI=1S/C75H146O17P2/c1-8-10-11-12-13-35-42-49-56-72(77)85-62-70(91-75(80)59-52-45-38-31-24-22-27-33-40-47-54-67(5)6)64-89-93(81,82)87-60-69(76)61-88-94(83,84)90-65-71(63-86-73(78)57-50-43-36-29-25-23-28-34-41-48-55-68(7)9-2)92-74(79)58-51-44-37-30-21-19-17-15-14-16-18-20-26-32-39-46-53-66(3)4/h66-71,76H,8-65H2,1-7H3,(H,81,82)(H,83,84)/t68?,69-,70+,71+/m0/s1. The first-order chi connectivity index (χ1) is 45.3. The van der Waals surface area contributed by atoms with Crippen LogP contribution in [0.3, 0.4) is 0 Å². The molecule has 0 saturated carbocycles. The molecule has 0 aromatic carbocycles. The van der Waals surface area contributed by atoms with Crippen molar-refractivity contribution in [2.24, 2.45) is 17.8 Å². The number of esters is 4. The molecule has 0 aromatic rings. The van der Waals surface area contributed by atoms with Crippen LogP contribution in [0.5, 0.6) is 0 Å². The van der Waals surface area contributed by atoms with E-state index in [1.165, 1.54) is 186 Å². The average molecular weight is 1380 g/mol. The molecule has 0 heterocycles. The van der Waals surface area contributed by atoms with Crippen molar-refractivity contribution in [3.63, 3.8) is 0 Å². The summed E-state index contributed by atoms with van der Waals surface area (Å²) in [6, 6.07) is 0. The smallest absolute Gasteiger partial charge is 0.462 e. The molecular weight excluding hydrogens is 1230 g/mol. The first-order valence-electron chi connectivity index (χ1n) is 38.9. The molecule has 3 unspecified atom stereocenters. The Labute approximate surface area is 575 Å². The highest BCUT2D eigenvalue weighted by Gasteiger charge is 2.30. The highest BCUT2D eigenvalue weighted by Crippen LogP contribution is 2.45. The van der Waals surface area contributed by atoms with Gasteiger partial charge in [0.1, 0.15) is 19.3 Å². The summed E-state index contributed by atoms with van der Waals surface area (Å²) in [7, 11) is -9.91. The Morgan fingerprint density at radius 1 is 0.309 bits per heavy atom. The number of ether oxygens (including phenoxy) is 4. The van der Waals surface area contributed by atoms with Gasteiger partial charge in [0, 0.05) is 25.7 Å². The van der Waals surface area contributed by atoms with E-state index in [2.05, 4.69) is 48.5 Å². The van der Waals surface area contributed by atoms with Gasteiger partial charge in [0.05, 0.1) is 26.4 Å². The maximum absolute atomic E-state index is 13.1. The SMILES string of the molecule is CCCCCCCCCCC(=O)OC[C@H](COP(=O)(O)OC[C@H](O)COP(=O)(O)OC[C@@H](COC(=O)CCCCCCCCCCCCC(C)CC)OC(=O)CCCCCCCCCCCCCCCCCCC(C)C)OC(=O)CCCCCCCCCCCCC(C)C. The number of carbonyl (C=O) groups is 4. The zero-order valence-electron chi connectivity index (χ0n) is 61.4. The zero-order valence-corrected chi connectivity index (χ0v) is 63.2. The van der Waals surface area contributed by atoms with Crippen molar-refractivity contribution in [3.8, 4) is 0 Å². The summed E-state index contributed by atoms with van der Waals surface area (Å²) >= 11 is 0. The second-order valence-electron chi connectivity index (χ2n) is 28.2. The maximum atomic E-state index is 13.1. The molecule has 94 heavy (non-hydrogen) atoms. The number of aliphatic hydroxyl groups excluding tert-OH is 1. The Bertz CT molecular complexity index is 1840. The lowest BCUT2D eigenvalue weighted by atomic mass is 9.99. The van der Waals surface area contributed by atoms with Crippen molar-refractivity contribution in [3.05, 3.63) is 0 Å². The van der Waals surface area contributed by atoms with E-state index in [4.69, 9.17) is 37.0 Å². The molecule has 0 bridgehead atoms. The fourth-order valence-corrected chi connectivity index (χ4v) is 13.0. The molecular formula is C75H146O17P2. The molecule has 0 amide bonds. The topological polar surface area (TPSA) is 237 Å². The Morgan fingerprint density at radius 3 is 0.809 bits per heavy atom. The lowest BCUT2D eigenvalue weighted by Gasteiger charge is -2.21. The maximum Gasteiger partial charge on any atom is 0.472 e. The number of carbonyl (C=O) groups excluding carboxylic acids is 4. The van der Waals surface area contributed by atoms with E-state index in [-0.39, 0.29) is 25.7 Å². The summed E-state index contributed by atoms with van der Waals surface area (Å²) in [5.74, 6) is 0.250. The van der Waals surface area contributed by atoms with Crippen molar-refractivity contribution >= 4 is 39.5 Å². The quantitative estimate of drug-likeness (QED) is 0.0222. The molecule has 0 spiro atoms. The first-order valence-corrected chi connectivity index (χ1v) is 41.9. The summed E-state index contributed by atoms with van der Waals surface area (Å²) in [5.41, 5.74) is 0. The minimum absolute atomic E-state index is 0.106. The molecule has 0 rings (SSSR count). The van der Waals surface area contributed by atoms with Crippen LogP contribution in [-0.4, -0.2) is 96.7 Å². The van der Waals surface area contributed by atoms with Gasteiger partial charge in [-0.05, 0) is 43.4 Å². The molecule has 6 atom stereocenters. The van der Waals surface area contributed by atoms with E-state index in [1.807, 2.05) is 0 Å². The van der Waals surface area contributed by atoms with E-state index >= 15 is 0 Å². The largest absolute Gasteiger partial charge is 0.472 e. The third-order valence-corrected chi connectivity index (χ3v) is 19.6. The average Bonchev–Trinajstić information content (AvgIpc) is 1.16. The van der Waals surface area contributed by atoms with Gasteiger partial charge in [-0.1, -0.05) is 331 Å². The first kappa shape index (κ1) is 92.1. The second kappa shape index (κ2) is 65.7. The summed E-state index contributed by atoms with van der Waals surface area (Å²) in [5, 5.41) is 10.6. The highest BCUT2D eigenvalue weighted by molar-refractivity contribution is 7.47. The predicted octanol–water partition coefficient (Wildman–Crippen LogP) is 21.8. The molecule has 0 aromatic heterocycles. The van der Waals surface area contributed by atoms with E-state index in [9.17, 15) is 43.2 Å². The van der Waals surface area contributed by atoms with E-state index in [1.54, 1.807) is 0 Å². The number of hydrogen-bond donors (Lipinski definition) is 3. The Hall–Kier alpha value is -1.94. The summed E-state index contributed by atoms with van der Waals surface area (Å²) < 4.78 is 68.4. The normalized spacial score (nSPS) is 14.4. The fraction of sp³-hybridized carbons (Fsp3) is 0.947. The van der Waals surface area contributed by atoms with Crippen molar-refractivity contribution in [1.29, 1.82) is 0 Å². The monoisotopic (exact) mass is 1380 g/mol. The Kier molecular flexibility index (Phi) is 64.3. The molecule has 0 aliphatic rings. The van der Waals surface area contributed by atoms with Gasteiger partial charge in [0.15, 0.2) is 12.2 Å². The molecule has 0 saturated heterocycles. The summed E-state index contributed by atoms with van der Waals surface area (Å²) in [4.78, 5) is 72.7. The van der Waals surface area contributed by atoms with Crippen LogP contribution in [0.4, 0.5) is 0 Å². The van der Waals surface area contributed by atoms with Crippen LogP contribution in [-0.2, 0) is 65.4 Å². The van der Waals surface area contributed by atoms with Crippen LogP contribution in [0.15, 0.2) is 0 Å². The zero-order chi connectivity index (χ0) is 69.4. The number of hydrogen-bond acceptors (Lipinski definition) is 15. The van der Waals surface area contributed by atoms with Gasteiger partial charge in [0.2, 0.25) is 0 Å². The molecule has 17 nitrogen and oxygen atoms in total. The highest BCUT2D eigenvalue weighted by atomic mass is 31.2. The molecule has 0 fully saturated rings. The van der Waals surface area contributed by atoms with E-state index < -0.39 is 97.5 Å². The second-order valence-corrected chi connectivity index (χ2v) is 31.1. The fourth-order valence-electron chi connectivity index (χ4n) is 11.4. The molecule has 0 aliphatic carbocycles. The molecule has 0 radical (unpaired) electrons. The van der Waals surface area contributed by atoms with Crippen LogP contribution < -0.4 is 0 Å². The van der Waals surface area contributed by atoms with E-state index in [0.717, 1.165) is 114 Å². The van der Waals surface area contributed by atoms with Gasteiger partial charge in [-0.25, -0.2) is 9.13 Å². The number of unbranched alkanes of at least 4 members (excludes halogenated alkanes) is 40. The minimum atomic E-state index is -4.96. The van der Waals surface area contributed by atoms with Crippen LogP contribution in [0.1, 0.15) is 382 Å². The van der Waals surface area contributed by atoms with Crippen molar-refractivity contribution in [2.45, 2.75) is 401 Å². The Balaban J connectivity index is 5.21. The summed E-state index contributed by atoms with van der Waals surface area (Å²) in [6.45, 7) is 11.9. The molecule has 558 valence electrons. The van der Waals surface area contributed by atoms with Gasteiger partial charge in [0.25, 0.3) is 0 Å². The van der Waals surface area contributed by atoms with Crippen LogP contribution in [0.25, 0.3) is 0 Å². The molecule has 3 N–H and O–H groups in total. The lowest BCUT2D eigenvalue weighted by molar-refractivity contribution is -0.161. The van der Waals surface area contributed by atoms with Gasteiger partial charge in [-0.2, -0.15) is 0 Å². The van der Waals surface area contributed by atoms with Gasteiger partial charge in [-0.15, -0.1) is 0 Å². The van der Waals surface area contributed by atoms with E-state index in [0.29, 0.717) is 25.7 Å². The van der Waals surface area contributed by atoms with Crippen molar-refractivity contribution in [2.75, 3.05) is 39.6 Å². The van der Waals surface area contributed by atoms with Crippen LogP contribution in [0.2, 0.25) is 0 Å². The van der Waals surface area contributed by atoms with Gasteiger partial charge < -0.3 is 33.8 Å². The Morgan fingerprint density at radius 2 is 0.543 bits per heavy atom. The number of phosphoric ester groups is 2. The third kappa shape index (κ3) is 67.3.